The zero-order chi connectivity index (χ0) is 17.4. The van der Waals surface area contributed by atoms with Crippen molar-refractivity contribution >= 4 is 11.6 Å². The predicted molar refractivity (Wildman–Crippen MR) is 96.0 cm³/mol. The highest BCUT2D eigenvalue weighted by molar-refractivity contribution is 6.28. The van der Waals surface area contributed by atoms with E-state index < -0.39 is 0 Å². The van der Waals surface area contributed by atoms with Crippen LogP contribution in [0.5, 0.6) is 0 Å². The van der Waals surface area contributed by atoms with E-state index in [2.05, 4.69) is 0 Å². The molecule has 0 atom stereocenters. The largest absolute Gasteiger partial charge is 0.396 e. The van der Waals surface area contributed by atoms with Crippen molar-refractivity contribution in [2.45, 2.75) is 6.42 Å². The Kier molecular flexibility index (Phi) is 3.79. The highest BCUT2D eigenvalue weighted by Crippen LogP contribution is 2.31. The second-order valence-electron chi connectivity index (χ2n) is 6.13. The Hall–Kier alpha value is -3.04. The van der Waals surface area contributed by atoms with E-state index >= 15 is 0 Å². The van der Waals surface area contributed by atoms with Gasteiger partial charge in [0.2, 0.25) is 0 Å². The Labute approximate surface area is 145 Å². The second-order valence-corrected chi connectivity index (χ2v) is 6.13. The van der Waals surface area contributed by atoms with E-state index in [1.54, 1.807) is 36.4 Å². The van der Waals surface area contributed by atoms with Gasteiger partial charge in [-0.2, -0.15) is 0 Å². The first kappa shape index (κ1) is 15.5. The molecule has 4 rings (SSSR count). The second kappa shape index (κ2) is 6.11. The molecule has 0 unspecified atom stereocenters. The van der Waals surface area contributed by atoms with Gasteiger partial charge in [-0.15, -0.1) is 0 Å². The maximum Gasteiger partial charge on any atom is 0.194 e. The molecule has 0 saturated carbocycles. The summed E-state index contributed by atoms with van der Waals surface area (Å²) in [6, 6.07) is 20.2. The summed E-state index contributed by atoms with van der Waals surface area (Å²) in [4.78, 5) is 25.4. The summed E-state index contributed by atoms with van der Waals surface area (Å²) >= 11 is 0. The number of fused-ring (bicyclic) bond motifs is 2. The zero-order valence-electron chi connectivity index (χ0n) is 13.5. The number of ketones is 2. The summed E-state index contributed by atoms with van der Waals surface area (Å²) in [5, 5.41) is 9.00. The van der Waals surface area contributed by atoms with Crippen molar-refractivity contribution in [3.05, 3.63) is 94.5 Å². The van der Waals surface area contributed by atoms with Crippen LogP contribution in [0, 0.1) is 0 Å². The number of aliphatic hydroxyl groups is 1. The van der Waals surface area contributed by atoms with E-state index in [0.717, 1.165) is 16.7 Å². The van der Waals surface area contributed by atoms with E-state index in [1.807, 2.05) is 30.3 Å². The van der Waals surface area contributed by atoms with Gasteiger partial charge in [0.05, 0.1) is 0 Å². The lowest BCUT2D eigenvalue weighted by Crippen LogP contribution is -2.20. The quantitative estimate of drug-likeness (QED) is 0.624. The summed E-state index contributed by atoms with van der Waals surface area (Å²) in [6.45, 7) is 0.119. The van der Waals surface area contributed by atoms with Gasteiger partial charge in [0.25, 0.3) is 0 Å². The average Bonchev–Trinajstić information content (AvgIpc) is 2.66. The van der Waals surface area contributed by atoms with Crippen molar-refractivity contribution < 1.29 is 14.7 Å². The summed E-state index contributed by atoms with van der Waals surface area (Å²) in [5.74, 6) is -0.209. The molecule has 0 spiro atoms. The summed E-state index contributed by atoms with van der Waals surface area (Å²) in [6.07, 6.45) is 0.619. The summed E-state index contributed by atoms with van der Waals surface area (Å²) < 4.78 is 0. The molecular formula is C22H16O3. The third-order valence-electron chi connectivity index (χ3n) is 4.61. The first-order valence-corrected chi connectivity index (χ1v) is 8.21. The standard InChI is InChI=1S/C22H16O3/c23-12-11-14-5-7-15(8-6-14)16-9-10-19-20(13-16)22(25)18-4-2-1-3-17(18)21(19)24/h1-10,13,23H,11-12H2. The number of rotatable bonds is 3. The van der Waals surface area contributed by atoms with Crippen molar-refractivity contribution in [3.8, 4) is 11.1 Å². The molecule has 0 aromatic heterocycles. The van der Waals surface area contributed by atoms with Crippen molar-refractivity contribution in [2.75, 3.05) is 6.61 Å². The Morgan fingerprint density at radius 1 is 0.640 bits per heavy atom. The van der Waals surface area contributed by atoms with E-state index in [9.17, 15) is 9.59 Å². The van der Waals surface area contributed by atoms with Crippen LogP contribution in [-0.4, -0.2) is 23.3 Å². The molecule has 1 aliphatic rings. The molecule has 3 heteroatoms. The monoisotopic (exact) mass is 328 g/mol. The number of carbonyl (C=O) groups is 2. The number of benzene rings is 3. The Morgan fingerprint density at radius 2 is 1.20 bits per heavy atom. The van der Waals surface area contributed by atoms with E-state index in [4.69, 9.17) is 5.11 Å². The van der Waals surface area contributed by atoms with Crippen LogP contribution in [0.15, 0.2) is 66.7 Å². The van der Waals surface area contributed by atoms with E-state index in [1.165, 1.54) is 0 Å². The lowest BCUT2D eigenvalue weighted by Gasteiger charge is -2.18. The average molecular weight is 328 g/mol. The van der Waals surface area contributed by atoms with Gasteiger partial charge < -0.3 is 5.11 Å². The first-order valence-electron chi connectivity index (χ1n) is 8.21. The zero-order valence-corrected chi connectivity index (χ0v) is 13.5. The predicted octanol–water partition coefficient (Wildman–Crippen LogP) is 3.66. The molecule has 25 heavy (non-hydrogen) atoms. The topological polar surface area (TPSA) is 54.4 Å². The fraction of sp³-hybridized carbons (Fsp3) is 0.0909. The van der Waals surface area contributed by atoms with Gasteiger partial charge in [0.15, 0.2) is 11.6 Å². The highest BCUT2D eigenvalue weighted by Gasteiger charge is 2.29. The molecule has 0 aliphatic heterocycles. The molecular weight excluding hydrogens is 312 g/mol. The molecule has 1 N–H and O–H groups in total. The molecule has 0 fully saturated rings. The van der Waals surface area contributed by atoms with Crippen LogP contribution in [-0.2, 0) is 6.42 Å². The molecule has 3 aromatic carbocycles. The molecule has 0 bridgehead atoms. The van der Waals surface area contributed by atoms with Crippen LogP contribution >= 0.6 is 0 Å². The van der Waals surface area contributed by atoms with Gasteiger partial charge in [0.1, 0.15) is 0 Å². The molecule has 0 heterocycles. The maximum absolute atomic E-state index is 12.8. The SMILES string of the molecule is O=C1c2ccccc2C(=O)c2cc(-c3ccc(CCO)cc3)ccc21. The number of hydrogen-bond donors (Lipinski definition) is 1. The van der Waals surface area contributed by atoms with Crippen molar-refractivity contribution in [3.63, 3.8) is 0 Å². The fourth-order valence-electron chi connectivity index (χ4n) is 3.27. The van der Waals surface area contributed by atoms with Gasteiger partial charge in [-0.05, 0) is 35.2 Å². The lowest BCUT2D eigenvalue weighted by atomic mass is 9.83. The minimum Gasteiger partial charge on any atom is -0.396 e. The van der Waals surface area contributed by atoms with Gasteiger partial charge in [-0.1, -0.05) is 54.6 Å². The number of carbonyl (C=O) groups excluding carboxylic acids is 2. The molecule has 0 radical (unpaired) electrons. The first-order chi connectivity index (χ1) is 12.2. The summed E-state index contributed by atoms with van der Waals surface area (Å²) in [7, 11) is 0. The molecule has 3 aromatic rings. The van der Waals surface area contributed by atoms with Crippen molar-refractivity contribution in [2.24, 2.45) is 0 Å². The number of aliphatic hydroxyl groups excluding tert-OH is 1. The minimum absolute atomic E-state index is 0.102. The normalized spacial score (nSPS) is 12.7. The third kappa shape index (κ3) is 2.59. The highest BCUT2D eigenvalue weighted by atomic mass is 16.3. The molecule has 0 amide bonds. The van der Waals surface area contributed by atoms with Gasteiger partial charge in [-0.25, -0.2) is 0 Å². The molecule has 1 aliphatic carbocycles. The van der Waals surface area contributed by atoms with Crippen LogP contribution < -0.4 is 0 Å². The van der Waals surface area contributed by atoms with Crippen molar-refractivity contribution in [1.29, 1.82) is 0 Å². The van der Waals surface area contributed by atoms with Crippen molar-refractivity contribution in [1.82, 2.24) is 0 Å². The smallest absolute Gasteiger partial charge is 0.194 e. The van der Waals surface area contributed by atoms with Crippen LogP contribution in [0.4, 0.5) is 0 Å². The van der Waals surface area contributed by atoms with Crippen LogP contribution in [0.3, 0.4) is 0 Å². The molecule has 3 nitrogen and oxygen atoms in total. The van der Waals surface area contributed by atoms with Gasteiger partial charge >= 0.3 is 0 Å². The minimum atomic E-state index is -0.107. The molecule has 0 saturated heterocycles. The van der Waals surface area contributed by atoms with Gasteiger partial charge in [-0.3, -0.25) is 9.59 Å². The van der Waals surface area contributed by atoms with E-state index in [-0.39, 0.29) is 18.2 Å². The van der Waals surface area contributed by atoms with Crippen LogP contribution in [0.2, 0.25) is 0 Å². The Morgan fingerprint density at radius 3 is 1.84 bits per heavy atom. The summed E-state index contributed by atoms with van der Waals surface area (Å²) in [5.41, 5.74) is 4.80. The fourth-order valence-corrected chi connectivity index (χ4v) is 3.27. The Bertz CT molecular complexity index is 984. The number of hydrogen-bond acceptors (Lipinski definition) is 3. The molecule has 122 valence electrons. The van der Waals surface area contributed by atoms with Crippen LogP contribution in [0.1, 0.15) is 37.4 Å². The lowest BCUT2D eigenvalue weighted by molar-refractivity contribution is 0.0979. The third-order valence-corrected chi connectivity index (χ3v) is 4.61. The van der Waals surface area contributed by atoms with E-state index in [0.29, 0.717) is 28.7 Å². The maximum atomic E-state index is 12.8. The van der Waals surface area contributed by atoms with Crippen LogP contribution in [0.25, 0.3) is 11.1 Å². The Balaban J connectivity index is 1.77. The van der Waals surface area contributed by atoms with Gasteiger partial charge in [0, 0.05) is 28.9 Å².